The fourth-order valence-corrected chi connectivity index (χ4v) is 2.63. The molecule has 0 fully saturated rings. The molecule has 1 heterocycles. The smallest absolute Gasteiger partial charge is 0.0649 e. The maximum absolute atomic E-state index is 5.76. The molecule has 0 saturated carbocycles. The van der Waals surface area contributed by atoms with Crippen LogP contribution in [0.15, 0.2) is 42.6 Å². The van der Waals surface area contributed by atoms with Crippen LogP contribution in [0.1, 0.15) is 57.2 Å². The van der Waals surface area contributed by atoms with Crippen LogP contribution in [0, 0.1) is 0 Å². The molecule has 1 unspecified atom stereocenters. The van der Waals surface area contributed by atoms with Gasteiger partial charge in [-0.05, 0) is 24.6 Å². The highest BCUT2D eigenvalue weighted by molar-refractivity contribution is 5.33. The van der Waals surface area contributed by atoms with Crippen LogP contribution < -0.4 is 11.3 Å². The van der Waals surface area contributed by atoms with Crippen molar-refractivity contribution in [1.29, 1.82) is 0 Å². The largest absolute Gasteiger partial charge is 0.271 e. The van der Waals surface area contributed by atoms with Gasteiger partial charge in [-0.15, -0.1) is 0 Å². The molecule has 21 heavy (non-hydrogen) atoms. The highest BCUT2D eigenvalue weighted by atomic mass is 15.3. The Kier molecular flexibility index (Phi) is 6.44. The molecular formula is C17H26N4. The number of hydrogen-bond donors (Lipinski definition) is 2. The SMILES string of the molecule is CCCCCCCC(NN)c1ccnn1-c1ccccc1. The summed E-state index contributed by atoms with van der Waals surface area (Å²) in [5.41, 5.74) is 5.14. The summed E-state index contributed by atoms with van der Waals surface area (Å²) >= 11 is 0. The van der Waals surface area contributed by atoms with Crippen molar-refractivity contribution in [2.45, 2.75) is 51.5 Å². The number of para-hydroxylation sites is 1. The Morgan fingerprint density at radius 3 is 2.57 bits per heavy atom. The molecule has 2 aromatic rings. The van der Waals surface area contributed by atoms with Crippen molar-refractivity contribution in [3.63, 3.8) is 0 Å². The third kappa shape index (κ3) is 4.41. The van der Waals surface area contributed by atoms with E-state index in [9.17, 15) is 0 Å². The van der Waals surface area contributed by atoms with Crippen molar-refractivity contribution in [2.24, 2.45) is 5.84 Å². The zero-order valence-electron chi connectivity index (χ0n) is 12.8. The average Bonchev–Trinajstić information content (AvgIpc) is 3.01. The Labute approximate surface area is 127 Å². The summed E-state index contributed by atoms with van der Waals surface area (Å²) in [6.07, 6.45) is 9.25. The Balaban J connectivity index is 2.01. The predicted octanol–water partition coefficient (Wildman–Crippen LogP) is 3.74. The highest BCUT2D eigenvalue weighted by Crippen LogP contribution is 2.22. The Bertz CT molecular complexity index is 507. The molecule has 2 rings (SSSR count). The van der Waals surface area contributed by atoms with Gasteiger partial charge in [0.1, 0.15) is 0 Å². The molecule has 0 spiro atoms. The second kappa shape index (κ2) is 8.60. The van der Waals surface area contributed by atoms with Gasteiger partial charge in [-0.1, -0.05) is 57.2 Å². The summed E-state index contributed by atoms with van der Waals surface area (Å²) in [4.78, 5) is 0. The van der Waals surface area contributed by atoms with E-state index in [1.54, 1.807) is 0 Å². The van der Waals surface area contributed by atoms with Gasteiger partial charge in [0.15, 0.2) is 0 Å². The van der Waals surface area contributed by atoms with Gasteiger partial charge >= 0.3 is 0 Å². The number of aromatic nitrogens is 2. The number of hydrazine groups is 1. The van der Waals surface area contributed by atoms with E-state index < -0.39 is 0 Å². The first kappa shape index (κ1) is 15.7. The van der Waals surface area contributed by atoms with E-state index in [0.29, 0.717) is 0 Å². The lowest BCUT2D eigenvalue weighted by molar-refractivity contribution is 0.461. The molecule has 0 aliphatic heterocycles. The molecule has 114 valence electrons. The van der Waals surface area contributed by atoms with Crippen molar-refractivity contribution < 1.29 is 0 Å². The van der Waals surface area contributed by atoms with Gasteiger partial charge in [-0.3, -0.25) is 11.3 Å². The van der Waals surface area contributed by atoms with Crippen molar-refractivity contribution in [1.82, 2.24) is 15.2 Å². The third-order valence-corrected chi connectivity index (χ3v) is 3.83. The van der Waals surface area contributed by atoms with Gasteiger partial charge < -0.3 is 0 Å². The van der Waals surface area contributed by atoms with Crippen LogP contribution in [-0.4, -0.2) is 9.78 Å². The minimum atomic E-state index is 0.148. The van der Waals surface area contributed by atoms with E-state index in [-0.39, 0.29) is 6.04 Å². The molecule has 0 amide bonds. The highest BCUT2D eigenvalue weighted by Gasteiger charge is 2.15. The van der Waals surface area contributed by atoms with Crippen LogP contribution >= 0.6 is 0 Å². The zero-order valence-corrected chi connectivity index (χ0v) is 12.8. The Morgan fingerprint density at radius 2 is 1.86 bits per heavy atom. The molecule has 4 nitrogen and oxygen atoms in total. The molecule has 0 aliphatic carbocycles. The van der Waals surface area contributed by atoms with Gasteiger partial charge in [-0.25, -0.2) is 4.68 Å². The second-order valence-corrected chi connectivity index (χ2v) is 5.43. The summed E-state index contributed by atoms with van der Waals surface area (Å²) in [5, 5.41) is 4.43. The summed E-state index contributed by atoms with van der Waals surface area (Å²) in [6, 6.07) is 12.4. The molecule has 1 atom stereocenters. The van der Waals surface area contributed by atoms with Gasteiger partial charge in [0, 0.05) is 6.20 Å². The first-order valence-electron chi connectivity index (χ1n) is 7.92. The maximum atomic E-state index is 5.76. The first-order valence-corrected chi connectivity index (χ1v) is 7.92. The molecule has 0 radical (unpaired) electrons. The van der Waals surface area contributed by atoms with E-state index in [1.807, 2.05) is 35.1 Å². The quantitative estimate of drug-likeness (QED) is 0.419. The number of hydrogen-bond acceptors (Lipinski definition) is 3. The third-order valence-electron chi connectivity index (χ3n) is 3.83. The lowest BCUT2D eigenvalue weighted by Crippen LogP contribution is -2.29. The Morgan fingerprint density at radius 1 is 1.10 bits per heavy atom. The fraction of sp³-hybridized carbons (Fsp3) is 0.471. The number of nitrogens with zero attached hydrogens (tertiary/aromatic N) is 2. The van der Waals surface area contributed by atoms with Crippen molar-refractivity contribution in [3.8, 4) is 5.69 Å². The number of nitrogens with one attached hydrogen (secondary N) is 1. The second-order valence-electron chi connectivity index (χ2n) is 5.43. The van der Waals surface area contributed by atoms with Crippen LogP contribution in [0.3, 0.4) is 0 Å². The number of benzene rings is 1. The van der Waals surface area contributed by atoms with Crippen LogP contribution in [-0.2, 0) is 0 Å². The number of nitrogens with two attached hydrogens (primary N) is 1. The monoisotopic (exact) mass is 286 g/mol. The van der Waals surface area contributed by atoms with Crippen LogP contribution in [0.4, 0.5) is 0 Å². The van der Waals surface area contributed by atoms with E-state index in [1.165, 1.54) is 32.1 Å². The summed E-state index contributed by atoms with van der Waals surface area (Å²) in [7, 11) is 0. The van der Waals surface area contributed by atoms with E-state index in [0.717, 1.165) is 17.8 Å². The van der Waals surface area contributed by atoms with Gasteiger partial charge in [0.05, 0.1) is 17.4 Å². The van der Waals surface area contributed by atoms with Gasteiger partial charge in [-0.2, -0.15) is 5.10 Å². The predicted molar refractivity (Wildman–Crippen MR) is 87.0 cm³/mol. The molecular weight excluding hydrogens is 260 g/mol. The van der Waals surface area contributed by atoms with Crippen molar-refractivity contribution in [3.05, 3.63) is 48.3 Å². The molecule has 0 saturated heterocycles. The molecule has 0 bridgehead atoms. The van der Waals surface area contributed by atoms with Crippen molar-refractivity contribution >= 4 is 0 Å². The van der Waals surface area contributed by atoms with Crippen LogP contribution in [0.2, 0.25) is 0 Å². The lowest BCUT2D eigenvalue weighted by atomic mass is 10.0. The fourth-order valence-electron chi connectivity index (χ4n) is 2.63. The van der Waals surface area contributed by atoms with Gasteiger partial charge in [0.25, 0.3) is 0 Å². The summed E-state index contributed by atoms with van der Waals surface area (Å²) in [6.45, 7) is 2.24. The molecule has 0 aliphatic rings. The van der Waals surface area contributed by atoms with E-state index in [4.69, 9.17) is 5.84 Å². The minimum Gasteiger partial charge on any atom is -0.271 e. The van der Waals surface area contributed by atoms with Crippen LogP contribution in [0.25, 0.3) is 5.69 Å². The minimum absolute atomic E-state index is 0.148. The first-order chi connectivity index (χ1) is 10.4. The number of unbranched alkanes of at least 4 members (excludes halogenated alkanes) is 4. The average molecular weight is 286 g/mol. The van der Waals surface area contributed by atoms with Crippen LogP contribution in [0.5, 0.6) is 0 Å². The van der Waals surface area contributed by atoms with E-state index >= 15 is 0 Å². The molecule has 4 heteroatoms. The molecule has 1 aromatic heterocycles. The Hall–Kier alpha value is -1.65. The molecule has 1 aromatic carbocycles. The molecule has 3 N–H and O–H groups in total. The van der Waals surface area contributed by atoms with Crippen molar-refractivity contribution in [2.75, 3.05) is 0 Å². The number of rotatable bonds is 9. The standard InChI is InChI=1S/C17H26N4/c1-2-3-4-5-9-12-16(20-18)17-13-14-19-21(17)15-10-7-6-8-11-15/h6-8,10-11,13-14,16,20H,2-5,9,12,18H2,1H3. The zero-order chi connectivity index (χ0) is 14.9. The van der Waals surface area contributed by atoms with Gasteiger partial charge in [0.2, 0.25) is 0 Å². The maximum Gasteiger partial charge on any atom is 0.0649 e. The normalized spacial score (nSPS) is 12.5. The summed E-state index contributed by atoms with van der Waals surface area (Å²) in [5.74, 6) is 5.76. The van der Waals surface area contributed by atoms with E-state index in [2.05, 4.69) is 29.6 Å². The topological polar surface area (TPSA) is 55.9 Å². The lowest BCUT2D eigenvalue weighted by Gasteiger charge is -2.17. The summed E-state index contributed by atoms with van der Waals surface area (Å²) < 4.78 is 1.97.